The minimum atomic E-state index is -0.830. The molecule has 1 aliphatic heterocycles. The summed E-state index contributed by atoms with van der Waals surface area (Å²) in [5.74, 6) is 0. The zero-order chi connectivity index (χ0) is 12.4. The Morgan fingerprint density at radius 1 is 1.47 bits per heavy atom. The molecule has 17 heavy (non-hydrogen) atoms. The number of hydrogen-bond donors (Lipinski definition) is 1. The van der Waals surface area contributed by atoms with Crippen LogP contribution in [0.4, 0.5) is 4.79 Å². The lowest BCUT2D eigenvalue weighted by molar-refractivity contribution is 0.140. The van der Waals surface area contributed by atoms with Crippen molar-refractivity contribution in [2.24, 2.45) is 0 Å². The Kier molecular flexibility index (Phi) is 3.18. The Morgan fingerprint density at radius 2 is 2.18 bits per heavy atom. The fourth-order valence-electron chi connectivity index (χ4n) is 2.50. The molecule has 0 bridgehead atoms. The number of amides is 1. The molecule has 0 saturated carbocycles. The molecule has 0 radical (unpaired) electrons. The summed E-state index contributed by atoms with van der Waals surface area (Å²) in [7, 11) is 0. The van der Waals surface area contributed by atoms with Crippen LogP contribution in [0.3, 0.4) is 0 Å². The maximum absolute atomic E-state index is 11.2. The third kappa shape index (κ3) is 2.18. The summed E-state index contributed by atoms with van der Waals surface area (Å²) in [4.78, 5) is 12.7. The fourth-order valence-corrected chi connectivity index (χ4v) is 2.50. The van der Waals surface area contributed by atoms with Crippen molar-refractivity contribution in [3.8, 4) is 0 Å². The van der Waals surface area contributed by atoms with Crippen LogP contribution < -0.4 is 0 Å². The maximum Gasteiger partial charge on any atom is 0.407 e. The number of likely N-dealkylation sites (tertiary alicyclic amines) is 1. The van der Waals surface area contributed by atoms with Crippen molar-refractivity contribution in [3.05, 3.63) is 42.0 Å². The smallest absolute Gasteiger partial charge is 0.407 e. The molecule has 1 aromatic rings. The van der Waals surface area contributed by atoms with E-state index in [-0.39, 0.29) is 6.04 Å². The van der Waals surface area contributed by atoms with E-state index in [9.17, 15) is 9.90 Å². The molecular formula is C14H17NO2. The van der Waals surface area contributed by atoms with Gasteiger partial charge in [0.2, 0.25) is 0 Å². The highest BCUT2D eigenvalue weighted by molar-refractivity contribution is 5.69. The first kappa shape index (κ1) is 11.7. The number of carbonyl (C=O) groups is 1. The molecule has 1 saturated heterocycles. The van der Waals surface area contributed by atoms with Gasteiger partial charge in [-0.2, -0.15) is 0 Å². The van der Waals surface area contributed by atoms with Crippen molar-refractivity contribution < 1.29 is 9.90 Å². The zero-order valence-electron chi connectivity index (χ0n) is 10.0. The molecule has 0 aliphatic carbocycles. The molecule has 3 nitrogen and oxygen atoms in total. The van der Waals surface area contributed by atoms with Gasteiger partial charge in [-0.25, -0.2) is 4.79 Å². The summed E-state index contributed by atoms with van der Waals surface area (Å²) in [6, 6.07) is 7.93. The van der Waals surface area contributed by atoms with Crippen LogP contribution in [0.25, 0.3) is 5.57 Å². The summed E-state index contributed by atoms with van der Waals surface area (Å²) in [5.41, 5.74) is 3.14. The van der Waals surface area contributed by atoms with Crippen LogP contribution in [0.15, 0.2) is 30.8 Å². The second-order valence-corrected chi connectivity index (χ2v) is 4.50. The third-order valence-corrected chi connectivity index (χ3v) is 3.28. The molecule has 0 aromatic heterocycles. The van der Waals surface area contributed by atoms with Crippen LogP contribution in [0.5, 0.6) is 0 Å². The number of nitrogens with zero attached hydrogens (tertiary/aromatic N) is 1. The minimum Gasteiger partial charge on any atom is -0.465 e. The topological polar surface area (TPSA) is 40.5 Å². The second-order valence-electron chi connectivity index (χ2n) is 4.50. The van der Waals surface area contributed by atoms with Gasteiger partial charge in [-0.3, -0.25) is 0 Å². The van der Waals surface area contributed by atoms with Gasteiger partial charge < -0.3 is 10.0 Å². The molecule has 1 atom stereocenters. The lowest BCUT2D eigenvalue weighted by Crippen LogP contribution is -2.29. The normalized spacial score (nSPS) is 19.4. The Morgan fingerprint density at radius 3 is 2.82 bits per heavy atom. The van der Waals surface area contributed by atoms with E-state index in [1.165, 1.54) is 4.90 Å². The maximum atomic E-state index is 11.2. The van der Waals surface area contributed by atoms with Crippen molar-refractivity contribution in [1.29, 1.82) is 0 Å². The van der Waals surface area contributed by atoms with Crippen molar-refractivity contribution in [1.82, 2.24) is 4.90 Å². The average molecular weight is 231 g/mol. The van der Waals surface area contributed by atoms with Crippen LogP contribution in [0.1, 0.15) is 36.9 Å². The van der Waals surface area contributed by atoms with E-state index >= 15 is 0 Å². The summed E-state index contributed by atoms with van der Waals surface area (Å²) in [6.45, 7) is 6.55. The molecule has 1 fully saturated rings. The minimum absolute atomic E-state index is 0.0135. The van der Waals surface area contributed by atoms with E-state index < -0.39 is 6.09 Å². The standard InChI is InChI=1S/C14H17NO2/c1-10(2)11-6-3-4-7-12(11)13-8-5-9-15(13)14(16)17/h3-4,6-7,13H,1,5,8-9H2,2H3,(H,16,17)/t13-/m0/s1. The molecule has 1 N–H and O–H groups in total. The van der Waals surface area contributed by atoms with Gasteiger partial charge in [-0.05, 0) is 30.9 Å². The third-order valence-electron chi connectivity index (χ3n) is 3.28. The monoisotopic (exact) mass is 231 g/mol. The molecule has 2 rings (SSSR count). The molecule has 3 heteroatoms. The van der Waals surface area contributed by atoms with E-state index in [1.54, 1.807) is 0 Å². The van der Waals surface area contributed by atoms with Crippen LogP contribution in [0, 0.1) is 0 Å². The Bertz CT molecular complexity index is 453. The lowest BCUT2D eigenvalue weighted by Gasteiger charge is -2.24. The van der Waals surface area contributed by atoms with Gasteiger partial charge in [0.15, 0.2) is 0 Å². The van der Waals surface area contributed by atoms with Crippen molar-refractivity contribution in [2.75, 3.05) is 6.54 Å². The van der Waals surface area contributed by atoms with E-state index in [4.69, 9.17) is 0 Å². The molecule has 1 aromatic carbocycles. The van der Waals surface area contributed by atoms with E-state index in [2.05, 4.69) is 6.58 Å². The Hall–Kier alpha value is -1.77. The van der Waals surface area contributed by atoms with Crippen molar-refractivity contribution >= 4 is 11.7 Å². The number of hydrogen-bond acceptors (Lipinski definition) is 1. The molecule has 1 amide bonds. The van der Waals surface area contributed by atoms with Gasteiger partial charge in [0.1, 0.15) is 0 Å². The molecule has 90 valence electrons. The number of allylic oxidation sites excluding steroid dienone is 1. The van der Waals surface area contributed by atoms with Gasteiger partial charge in [0, 0.05) is 6.54 Å². The number of rotatable bonds is 2. The molecule has 1 heterocycles. The predicted molar refractivity (Wildman–Crippen MR) is 67.9 cm³/mol. The summed E-state index contributed by atoms with van der Waals surface area (Å²) in [5, 5.41) is 9.18. The Balaban J connectivity index is 2.39. The van der Waals surface area contributed by atoms with Crippen molar-refractivity contribution in [2.45, 2.75) is 25.8 Å². The van der Waals surface area contributed by atoms with Gasteiger partial charge >= 0.3 is 6.09 Å². The lowest BCUT2D eigenvalue weighted by atomic mass is 9.95. The van der Waals surface area contributed by atoms with Gasteiger partial charge in [-0.15, -0.1) is 0 Å². The molecular weight excluding hydrogens is 214 g/mol. The van der Waals surface area contributed by atoms with Crippen LogP contribution >= 0.6 is 0 Å². The van der Waals surface area contributed by atoms with E-state index in [0.29, 0.717) is 6.54 Å². The fraction of sp³-hybridized carbons (Fsp3) is 0.357. The van der Waals surface area contributed by atoms with Crippen molar-refractivity contribution in [3.63, 3.8) is 0 Å². The molecule has 0 unspecified atom stereocenters. The second kappa shape index (κ2) is 4.62. The van der Waals surface area contributed by atoms with Gasteiger partial charge in [0.25, 0.3) is 0 Å². The van der Waals surface area contributed by atoms with Gasteiger partial charge in [-0.1, -0.05) is 36.4 Å². The SMILES string of the molecule is C=C(C)c1ccccc1[C@@H]1CCCN1C(=O)O. The average Bonchev–Trinajstić information content (AvgIpc) is 2.77. The van der Waals surface area contributed by atoms with E-state index in [0.717, 1.165) is 29.5 Å². The highest BCUT2D eigenvalue weighted by Gasteiger charge is 2.30. The zero-order valence-corrected chi connectivity index (χ0v) is 10.0. The van der Waals surface area contributed by atoms with E-state index in [1.807, 2.05) is 31.2 Å². The first-order chi connectivity index (χ1) is 8.11. The van der Waals surface area contributed by atoms with Gasteiger partial charge in [0.05, 0.1) is 6.04 Å². The summed E-state index contributed by atoms with van der Waals surface area (Å²) >= 11 is 0. The molecule has 1 aliphatic rings. The van der Waals surface area contributed by atoms with Crippen LogP contribution in [-0.4, -0.2) is 22.6 Å². The summed E-state index contributed by atoms with van der Waals surface area (Å²) in [6.07, 6.45) is 1.00. The number of benzene rings is 1. The first-order valence-corrected chi connectivity index (χ1v) is 5.85. The van der Waals surface area contributed by atoms with Crippen LogP contribution in [-0.2, 0) is 0 Å². The Labute approximate surface area is 101 Å². The number of carboxylic acid groups (broad SMARTS) is 1. The highest BCUT2D eigenvalue weighted by Crippen LogP contribution is 2.35. The quantitative estimate of drug-likeness (QED) is 0.845. The van der Waals surface area contributed by atoms with Crippen LogP contribution in [0.2, 0.25) is 0 Å². The predicted octanol–water partition coefficient (Wildman–Crippen LogP) is 3.53. The first-order valence-electron chi connectivity index (χ1n) is 5.85. The largest absolute Gasteiger partial charge is 0.465 e. The summed E-state index contributed by atoms with van der Waals surface area (Å²) < 4.78 is 0. The molecule has 0 spiro atoms. The highest BCUT2D eigenvalue weighted by atomic mass is 16.4.